The Morgan fingerprint density at radius 2 is 2.25 bits per heavy atom. The van der Waals surface area contributed by atoms with Crippen LogP contribution in [0.1, 0.15) is 31.9 Å². The van der Waals surface area contributed by atoms with Crippen molar-refractivity contribution in [3.63, 3.8) is 0 Å². The van der Waals surface area contributed by atoms with E-state index in [0.717, 1.165) is 44.6 Å². The number of aromatic nitrogens is 1. The SMILES string of the molecule is C[C@H]1CN(C(=O)C2CC2)CC[C@@H]1NCc1ccccn1. The number of amides is 1. The maximum atomic E-state index is 12.1. The van der Waals surface area contributed by atoms with Crippen LogP contribution < -0.4 is 5.32 Å². The van der Waals surface area contributed by atoms with E-state index in [-0.39, 0.29) is 0 Å². The molecule has 1 aromatic rings. The maximum absolute atomic E-state index is 12.1. The Bertz CT molecular complexity index is 458. The van der Waals surface area contributed by atoms with E-state index in [1.54, 1.807) is 0 Å². The summed E-state index contributed by atoms with van der Waals surface area (Å²) in [5.74, 6) is 1.25. The molecule has 2 heterocycles. The molecule has 1 saturated carbocycles. The monoisotopic (exact) mass is 273 g/mol. The molecule has 1 saturated heterocycles. The Labute approximate surface area is 120 Å². The molecule has 1 aliphatic heterocycles. The lowest BCUT2D eigenvalue weighted by Crippen LogP contribution is -2.50. The first-order valence-electron chi connectivity index (χ1n) is 7.66. The Hall–Kier alpha value is -1.42. The number of likely N-dealkylation sites (tertiary alicyclic amines) is 1. The van der Waals surface area contributed by atoms with E-state index in [9.17, 15) is 4.79 Å². The third kappa shape index (κ3) is 3.18. The highest BCUT2D eigenvalue weighted by Gasteiger charge is 2.36. The highest BCUT2D eigenvalue weighted by Crippen LogP contribution is 2.32. The van der Waals surface area contributed by atoms with Gasteiger partial charge >= 0.3 is 0 Å². The number of hydrogen-bond acceptors (Lipinski definition) is 3. The Morgan fingerprint density at radius 1 is 1.40 bits per heavy atom. The molecule has 0 bridgehead atoms. The summed E-state index contributed by atoms with van der Waals surface area (Å²) in [5.41, 5.74) is 1.08. The van der Waals surface area contributed by atoms with Crippen LogP contribution in [0.25, 0.3) is 0 Å². The summed E-state index contributed by atoms with van der Waals surface area (Å²) in [6, 6.07) is 6.49. The molecule has 0 aromatic carbocycles. The highest BCUT2D eigenvalue weighted by atomic mass is 16.2. The summed E-state index contributed by atoms with van der Waals surface area (Å²) in [7, 11) is 0. The van der Waals surface area contributed by atoms with Crippen LogP contribution in [0.5, 0.6) is 0 Å². The highest BCUT2D eigenvalue weighted by molar-refractivity contribution is 5.81. The normalized spacial score (nSPS) is 26.6. The zero-order chi connectivity index (χ0) is 13.9. The van der Waals surface area contributed by atoms with Gasteiger partial charge in [0.25, 0.3) is 0 Å². The van der Waals surface area contributed by atoms with Crippen LogP contribution in [0.4, 0.5) is 0 Å². The fourth-order valence-corrected chi connectivity index (χ4v) is 2.98. The molecule has 1 aromatic heterocycles. The van der Waals surface area contributed by atoms with Crippen molar-refractivity contribution in [2.24, 2.45) is 11.8 Å². The van der Waals surface area contributed by atoms with E-state index in [1.807, 2.05) is 24.4 Å². The molecular weight excluding hydrogens is 250 g/mol. The minimum Gasteiger partial charge on any atom is -0.342 e. The summed E-state index contributed by atoms with van der Waals surface area (Å²) in [5, 5.41) is 3.59. The molecule has 1 amide bonds. The fourth-order valence-electron chi connectivity index (χ4n) is 2.98. The first-order chi connectivity index (χ1) is 9.74. The van der Waals surface area contributed by atoms with E-state index in [4.69, 9.17) is 0 Å². The van der Waals surface area contributed by atoms with Gasteiger partial charge in [0.1, 0.15) is 0 Å². The number of nitrogens with one attached hydrogen (secondary N) is 1. The van der Waals surface area contributed by atoms with Crippen molar-refractivity contribution in [1.29, 1.82) is 0 Å². The standard InChI is InChI=1S/C16H23N3O/c1-12-11-19(16(20)13-5-6-13)9-7-15(12)18-10-14-4-2-3-8-17-14/h2-4,8,12-13,15,18H,5-7,9-11H2,1H3/t12-,15-/m0/s1. The molecule has 4 heteroatoms. The summed E-state index contributed by atoms with van der Waals surface area (Å²) in [6.45, 7) is 4.85. The van der Waals surface area contributed by atoms with Gasteiger partial charge in [-0.15, -0.1) is 0 Å². The predicted molar refractivity (Wildman–Crippen MR) is 77.9 cm³/mol. The van der Waals surface area contributed by atoms with Crippen molar-refractivity contribution in [1.82, 2.24) is 15.2 Å². The van der Waals surface area contributed by atoms with E-state index in [1.165, 1.54) is 0 Å². The van der Waals surface area contributed by atoms with Crippen LogP contribution >= 0.6 is 0 Å². The minimum absolute atomic E-state index is 0.347. The van der Waals surface area contributed by atoms with Crippen molar-refractivity contribution in [3.05, 3.63) is 30.1 Å². The first-order valence-corrected chi connectivity index (χ1v) is 7.66. The number of nitrogens with zero attached hydrogens (tertiary/aromatic N) is 2. The Morgan fingerprint density at radius 3 is 2.90 bits per heavy atom. The van der Waals surface area contributed by atoms with Crippen molar-refractivity contribution in [2.75, 3.05) is 13.1 Å². The van der Waals surface area contributed by atoms with E-state index in [2.05, 4.69) is 22.1 Å². The molecule has 0 unspecified atom stereocenters. The summed E-state index contributed by atoms with van der Waals surface area (Å²) in [6.07, 6.45) is 5.08. The maximum Gasteiger partial charge on any atom is 0.225 e. The number of pyridine rings is 1. The Balaban J connectivity index is 1.48. The van der Waals surface area contributed by atoms with Crippen LogP contribution in [0, 0.1) is 11.8 Å². The van der Waals surface area contributed by atoms with Crippen LogP contribution in [0.3, 0.4) is 0 Å². The molecule has 2 aliphatic rings. The fraction of sp³-hybridized carbons (Fsp3) is 0.625. The molecule has 2 atom stereocenters. The Kier molecular flexibility index (Phi) is 4.01. The van der Waals surface area contributed by atoms with Crippen LogP contribution in [0.2, 0.25) is 0 Å². The second kappa shape index (κ2) is 5.92. The minimum atomic E-state index is 0.347. The second-order valence-electron chi connectivity index (χ2n) is 6.13. The van der Waals surface area contributed by atoms with Gasteiger partial charge < -0.3 is 10.2 Å². The number of piperidine rings is 1. The van der Waals surface area contributed by atoms with Gasteiger partial charge in [-0.25, -0.2) is 0 Å². The van der Waals surface area contributed by atoms with Crippen molar-refractivity contribution >= 4 is 5.91 Å². The van der Waals surface area contributed by atoms with Gasteiger partial charge in [-0.1, -0.05) is 13.0 Å². The molecule has 20 heavy (non-hydrogen) atoms. The van der Waals surface area contributed by atoms with Crippen molar-refractivity contribution in [3.8, 4) is 0 Å². The van der Waals surface area contributed by atoms with E-state index >= 15 is 0 Å². The first kappa shape index (κ1) is 13.6. The zero-order valence-electron chi connectivity index (χ0n) is 12.1. The predicted octanol–water partition coefficient (Wildman–Crippen LogP) is 1.82. The topological polar surface area (TPSA) is 45.2 Å². The zero-order valence-corrected chi connectivity index (χ0v) is 12.1. The van der Waals surface area contributed by atoms with E-state index in [0.29, 0.717) is 23.8 Å². The third-order valence-electron chi connectivity index (χ3n) is 4.42. The van der Waals surface area contributed by atoms with Crippen LogP contribution in [0.15, 0.2) is 24.4 Å². The largest absolute Gasteiger partial charge is 0.342 e. The van der Waals surface area contributed by atoms with Crippen LogP contribution in [-0.2, 0) is 11.3 Å². The molecule has 1 N–H and O–H groups in total. The quantitative estimate of drug-likeness (QED) is 0.910. The molecule has 1 aliphatic carbocycles. The molecule has 4 nitrogen and oxygen atoms in total. The molecule has 0 radical (unpaired) electrons. The lowest BCUT2D eigenvalue weighted by molar-refractivity contribution is -0.134. The van der Waals surface area contributed by atoms with Gasteiger partial charge in [0.05, 0.1) is 5.69 Å². The van der Waals surface area contributed by atoms with Gasteiger partial charge in [0.2, 0.25) is 5.91 Å². The number of hydrogen-bond donors (Lipinski definition) is 1. The number of rotatable bonds is 4. The lowest BCUT2D eigenvalue weighted by atomic mass is 9.93. The van der Waals surface area contributed by atoms with Crippen molar-refractivity contribution < 1.29 is 4.79 Å². The molecular formula is C16H23N3O. The van der Waals surface area contributed by atoms with Gasteiger partial charge in [-0.05, 0) is 37.3 Å². The molecule has 108 valence electrons. The summed E-state index contributed by atoms with van der Waals surface area (Å²) < 4.78 is 0. The number of carbonyl (C=O) groups is 1. The van der Waals surface area contributed by atoms with Crippen LogP contribution in [-0.4, -0.2) is 34.9 Å². The number of carbonyl (C=O) groups excluding carboxylic acids is 1. The average Bonchev–Trinajstić information content (AvgIpc) is 3.31. The van der Waals surface area contributed by atoms with Gasteiger partial charge in [0, 0.05) is 37.8 Å². The lowest BCUT2D eigenvalue weighted by Gasteiger charge is -2.37. The second-order valence-corrected chi connectivity index (χ2v) is 6.13. The molecule has 2 fully saturated rings. The van der Waals surface area contributed by atoms with Crippen molar-refractivity contribution in [2.45, 2.75) is 38.8 Å². The van der Waals surface area contributed by atoms with E-state index < -0.39 is 0 Å². The van der Waals surface area contributed by atoms with Gasteiger partial charge in [0.15, 0.2) is 0 Å². The summed E-state index contributed by atoms with van der Waals surface area (Å²) >= 11 is 0. The average molecular weight is 273 g/mol. The van der Waals surface area contributed by atoms with Gasteiger partial charge in [-0.3, -0.25) is 9.78 Å². The summed E-state index contributed by atoms with van der Waals surface area (Å²) in [4.78, 5) is 18.5. The third-order valence-corrected chi connectivity index (χ3v) is 4.42. The van der Waals surface area contributed by atoms with Gasteiger partial charge in [-0.2, -0.15) is 0 Å². The molecule has 3 rings (SSSR count). The molecule has 0 spiro atoms. The smallest absolute Gasteiger partial charge is 0.225 e.